The van der Waals surface area contributed by atoms with Crippen molar-refractivity contribution in [2.24, 2.45) is 0 Å². The van der Waals surface area contributed by atoms with Gasteiger partial charge in [-0.15, -0.1) is 0 Å². The monoisotopic (exact) mass is 552 g/mol. The molecule has 0 saturated heterocycles. The third-order valence-electron chi connectivity index (χ3n) is 5.77. The van der Waals surface area contributed by atoms with Crippen LogP contribution in [0.4, 0.5) is 0 Å². The number of ketones is 1. The SMILES string of the molecule is CCCCCCCCCCCCC.CC[N+](C)(C)CCCCC(C)=O.CS(=O)(=O)[O-].[Na+].c1ccccc1. The van der Waals surface area contributed by atoms with Crippen molar-refractivity contribution in [1.29, 1.82) is 0 Å². The largest absolute Gasteiger partial charge is 1.00 e. The van der Waals surface area contributed by atoms with Crippen molar-refractivity contribution in [2.45, 2.75) is 118 Å². The topological polar surface area (TPSA) is 74.3 Å². The normalized spacial score (nSPS) is 10.4. The van der Waals surface area contributed by atoms with Crippen LogP contribution >= 0.6 is 0 Å². The van der Waals surface area contributed by atoms with Gasteiger partial charge >= 0.3 is 29.6 Å². The molecule has 0 heterocycles. The molecule has 0 amide bonds. The van der Waals surface area contributed by atoms with E-state index in [1.807, 2.05) is 36.4 Å². The minimum absolute atomic E-state index is 0. The Morgan fingerprint density at radius 3 is 1.22 bits per heavy atom. The van der Waals surface area contributed by atoms with Crippen LogP contribution in [0, 0.1) is 0 Å². The molecule has 0 fully saturated rings. The maximum atomic E-state index is 10.6. The molecule has 0 aliphatic heterocycles. The van der Waals surface area contributed by atoms with Crippen LogP contribution in [0.2, 0.25) is 0 Å². The van der Waals surface area contributed by atoms with Crippen LogP contribution in [0.15, 0.2) is 36.4 Å². The predicted molar refractivity (Wildman–Crippen MR) is 156 cm³/mol. The van der Waals surface area contributed by atoms with Crippen molar-refractivity contribution in [3.8, 4) is 0 Å². The third kappa shape index (κ3) is 56.9. The molecule has 0 atom stereocenters. The van der Waals surface area contributed by atoms with Gasteiger partial charge in [0.05, 0.1) is 37.3 Å². The number of carbonyl (C=O) groups excluding carboxylic acids is 1. The van der Waals surface area contributed by atoms with Gasteiger partial charge in [-0.1, -0.05) is 121 Å². The number of benzene rings is 1. The van der Waals surface area contributed by atoms with Crippen molar-refractivity contribution >= 4 is 15.9 Å². The fourth-order valence-corrected chi connectivity index (χ4v) is 3.19. The summed E-state index contributed by atoms with van der Waals surface area (Å²) >= 11 is 0. The number of nitrogens with zero attached hydrogens (tertiary/aromatic N) is 1. The molecule has 0 bridgehead atoms. The second-order valence-electron chi connectivity index (χ2n) is 10.2. The van der Waals surface area contributed by atoms with Crippen molar-refractivity contribution in [1.82, 2.24) is 0 Å². The third-order valence-corrected chi connectivity index (χ3v) is 5.77. The minimum Gasteiger partial charge on any atom is -0.748 e. The first-order valence-corrected chi connectivity index (χ1v) is 15.9. The fourth-order valence-electron chi connectivity index (χ4n) is 3.19. The van der Waals surface area contributed by atoms with Gasteiger partial charge in [0.1, 0.15) is 5.78 Å². The summed E-state index contributed by atoms with van der Waals surface area (Å²) in [6.45, 7) is 10.8. The Hall–Kier alpha value is -0.240. The standard InChI is InChI=1S/C13H28.C10H22NO.C6H6.CH4O3S.Na/c1-3-5-7-9-11-13-12-10-8-6-4-2;1-5-11(3,4)9-7-6-8-10(2)12;1-2-4-6-5-3-1;1-5(2,3)4;/h3-13H2,1-2H3;5-9H2,1-4H3;1-6H;1H3,(H,2,3,4);/q;+1;;;+1/p-1. The number of hydrogen-bond acceptors (Lipinski definition) is 4. The Labute approximate surface area is 253 Å². The van der Waals surface area contributed by atoms with Crippen molar-refractivity contribution in [3.05, 3.63) is 36.4 Å². The average molecular weight is 553 g/mol. The van der Waals surface area contributed by atoms with Gasteiger partial charge in [-0.25, -0.2) is 8.42 Å². The molecule has 0 aliphatic rings. The summed E-state index contributed by atoms with van der Waals surface area (Å²) in [6.07, 6.45) is 19.5. The summed E-state index contributed by atoms with van der Waals surface area (Å²) in [5, 5.41) is 0. The zero-order chi connectivity index (χ0) is 28.1. The summed E-state index contributed by atoms with van der Waals surface area (Å²) in [4.78, 5) is 10.6. The average Bonchev–Trinajstić information content (AvgIpc) is 2.82. The van der Waals surface area contributed by atoms with Crippen LogP contribution in [-0.2, 0) is 14.9 Å². The quantitative estimate of drug-likeness (QED) is 0.125. The second-order valence-corrected chi connectivity index (χ2v) is 11.6. The van der Waals surface area contributed by atoms with E-state index < -0.39 is 10.1 Å². The molecule has 0 radical (unpaired) electrons. The van der Waals surface area contributed by atoms with Crippen LogP contribution in [0.5, 0.6) is 0 Å². The smallest absolute Gasteiger partial charge is 0.748 e. The number of carbonyl (C=O) groups is 1. The van der Waals surface area contributed by atoms with Gasteiger partial charge in [0.2, 0.25) is 0 Å². The van der Waals surface area contributed by atoms with E-state index >= 15 is 0 Å². The fraction of sp³-hybridized carbons (Fsp3) is 0.767. The molecular formula is C30H59NNaO4S+. The maximum Gasteiger partial charge on any atom is 1.00 e. The minimum atomic E-state index is -3.92. The van der Waals surface area contributed by atoms with Crippen LogP contribution < -0.4 is 29.6 Å². The summed E-state index contributed by atoms with van der Waals surface area (Å²) in [7, 11) is 0.543. The van der Waals surface area contributed by atoms with Gasteiger partial charge in [-0.3, -0.25) is 0 Å². The zero-order valence-corrected chi connectivity index (χ0v) is 28.6. The molecule has 1 rings (SSSR count). The van der Waals surface area contributed by atoms with E-state index in [1.165, 1.54) is 90.1 Å². The second kappa shape index (κ2) is 32.0. The Kier molecular flexibility index (Phi) is 37.9. The molecule has 0 spiro atoms. The van der Waals surface area contributed by atoms with Gasteiger partial charge in [-0.05, 0) is 26.7 Å². The van der Waals surface area contributed by atoms with Gasteiger partial charge in [0.25, 0.3) is 0 Å². The molecular weight excluding hydrogens is 493 g/mol. The van der Waals surface area contributed by atoms with Crippen LogP contribution in [0.25, 0.3) is 0 Å². The van der Waals surface area contributed by atoms with E-state index in [2.05, 4.69) is 34.9 Å². The molecule has 7 heteroatoms. The Morgan fingerprint density at radius 1 is 0.676 bits per heavy atom. The number of unbranched alkanes of at least 4 members (excludes halogenated alkanes) is 11. The Bertz CT molecular complexity index is 623. The zero-order valence-electron chi connectivity index (χ0n) is 25.8. The molecule has 0 N–H and O–H groups in total. The van der Waals surface area contributed by atoms with E-state index in [0.717, 1.165) is 17.3 Å². The van der Waals surface area contributed by atoms with Crippen LogP contribution in [-0.4, -0.2) is 56.7 Å². The van der Waals surface area contributed by atoms with E-state index in [0.29, 0.717) is 12.0 Å². The van der Waals surface area contributed by atoms with Gasteiger partial charge in [-0.2, -0.15) is 0 Å². The number of rotatable bonds is 16. The summed E-state index contributed by atoms with van der Waals surface area (Å²) in [6, 6.07) is 12.0. The first-order chi connectivity index (χ1) is 16.9. The summed E-state index contributed by atoms with van der Waals surface area (Å²) in [5.74, 6) is 0.316. The predicted octanol–water partition coefficient (Wildman–Crippen LogP) is 5.01. The van der Waals surface area contributed by atoms with E-state index in [1.54, 1.807) is 6.92 Å². The van der Waals surface area contributed by atoms with Crippen molar-refractivity contribution in [2.75, 3.05) is 33.4 Å². The van der Waals surface area contributed by atoms with Gasteiger partial charge in [0, 0.05) is 12.7 Å². The van der Waals surface area contributed by atoms with E-state index in [4.69, 9.17) is 13.0 Å². The van der Waals surface area contributed by atoms with Crippen molar-refractivity contribution in [3.63, 3.8) is 0 Å². The molecule has 0 unspecified atom stereocenters. The van der Waals surface area contributed by atoms with Gasteiger partial charge < -0.3 is 13.8 Å². The maximum absolute atomic E-state index is 10.6. The molecule has 214 valence electrons. The summed E-state index contributed by atoms with van der Waals surface area (Å²) in [5.41, 5.74) is 0. The van der Waals surface area contributed by atoms with E-state index in [-0.39, 0.29) is 29.6 Å². The van der Waals surface area contributed by atoms with Gasteiger partial charge in [0.15, 0.2) is 0 Å². The Balaban J connectivity index is -0.000000208. The molecule has 0 aromatic heterocycles. The number of hydrogen-bond donors (Lipinski definition) is 0. The molecule has 0 aliphatic carbocycles. The first kappa shape index (κ1) is 43.8. The summed E-state index contributed by atoms with van der Waals surface area (Å²) < 4.78 is 28.3. The number of quaternary nitrogens is 1. The van der Waals surface area contributed by atoms with Crippen LogP contribution in [0.1, 0.15) is 118 Å². The first-order valence-electron chi connectivity index (χ1n) is 14.1. The molecule has 1 aromatic rings. The van der Waals surface area contributed by atoms with E-state index in [9.17, 15) is 4.79 Å². The van der Waals surface area contributed by atoms with Crippen LogP contribution in [0.3, 0.4) is 0 Å². The molecule has 0 saturated carbocycles. The number of Topliss-reactive ketones (excluding diaryl/α,β-unsaturated/α-hetero) is 1. The Morgan fingerprint density at radius 2 is 0.973 bits per heavy atom. The molecule has 1 aromatic carbocycles. The molecule has 37 heavy (non-hydrogen) atoms. The van der Waals surface area contributed by atoms with Crippen molar-refractivity contribution < 1.29 is 51.8 Å². The molecule has 5 nitrogen and oxygen atoms in total.